The van der Waals surface area contributed by atoms with Crippen molar-refractivity contribution in [2.24, 2.45) is 0 Å². The Bertz CT molecular complexity index is 1010. The van der Waals surface area contributed by atoms with E-state index in [1.54, 1.807) is 61.8 Å². The number of anilines is 2. The highest BCUT2D eigenvalue weighted by atomic mass is 16.6. The van der Waals surface area contributed by atoms with Crippen molar-refractivity contribution in [1.29, 1.82) is 0 Å². The first-order chi connectivity index (χ1) is 13.6. The maximum atomic E-state index is 12.4. The number of nitrogens with one attached hydrogen (secondary N) is 1. The Morgan fingerprint density at radius 2 is 1.82 bits per heavy atom. The van der Waals surface area contributed by atoms with Gasteiger partial charge in [0.15, 0.2) is 5.78 Å². The zero-order chi connectivity index (χ0) is 19.9. The van der Waals surface area contributed by atoms with Crippen LogP contribution >= 0.6 is 0 Å². The van der Waals surface area contributed by atoms with Crippen molar-refractivity contribution in [2.75, 3.05) is 12.4 Å². The van der Waals surface area contributed by atoms with Gasteiger partial charge >= 0.3 is 0 Å². The molecule has 0 amide bonds. The summed E-state index contributed by atoms with van der Waals surface area (Å²) in [5, 5.41) is 13.9. The second-order valence-corrected chi connectivity index (χ2v) is 5.80. The van der Waals surface area contributed by atoms with Crippen LogP contribution in [0.15, 0.2) is 72.9 Å². The van der Waals surface area contributed by atoms with E-state index in [9.17, 15) is 14.9 Å². The molecule has 0 unspecified atom stereocenters. The fourth-order valence-electron chi connectivity index (χ4n) is 2.48. The molecular formula is C21H17N3O4. The Kier molecular flexibility index (Phi) is 5.76. The van der Waals surface area contributed by atoms with Crippen LogP contribution in [0.5, 0.6) is 5.75 Å². The Morgan fingerprint density at radius 1 is 1.11 bits per heavy atom. The van der Waals surface area contributed by atoms with Gasteiger partial charge in [-0.25, -0.2) is 4.98 Å². The Balaban J connectivity index is 1.76. The summed E-state index contributed by atoms with van der Waals surface area (Å²) in [5.41, 5.74) is 1.92. The zero-order valence-corrected chi connectivity index (χ0v) is 15.0. The van der Waals surface area contributed by atoms with Gasteiger partial charge in [-0.2, -0.15) is 0 Å². The molecular weight excluding hydrogens is 358 g/mol. The normalized spacial score (nSPS) is 10.6. The molecule has 0 aliphatic carbocycles. The third-order valence-corrected chi connectivity index (χ3v) is 3.97. The Labute approximate surface area is 161 Å². The molecule has 2 aromatic carbocycles. The molecule has 0 spiro atoms. The number of carbonyl (C=O) groups is 1. The first-order valence-corrected chi connectivity index (χ1v) is 8.40. The summed E-state index contributed by atoms with van der Waals surface area (Å²) >= 11 is 0. The maximum absolute atomic E-state index is 12.4. The molecule has 1 N–H and O–H groups in total. The third kappa shape index (κ3) is 4.59. The minimum absolute atomic E-state index is 0.0109. The van der Waals surface area contributed by atoms with E-state index in [1.807, 2.05) is 6.07 Å². The first kappa shape index (κ1) is 18.8. The fourth-order valence-corrected chi connectivity index (χ4v) is 2.48. The van der Waals surface area contributed by atoms with Gasteiger partial charge in [0, 0.05) is 35.1 Å². The average Bonchev–Trinajstić information content (AvgIpc) is 2.73. The van der Waals surface area contributed by atoms with Gasteiger partial charge in [-0.05, 0) is 60.7 Å². The Morgan fingerprint density at radius 3 is 2.46 bits per heavy atom. The van der Waals surface area contributed by atoms with Crippen molar-refractivity contribution < 1.29 is 14.5 Å². The molecule has 0 fully saturated rings. The van der Waals surface area contributed by atoms with Crippen LogP contribution < -0.4 is 10.1 Å². The van der Waals surface area contributed by atoms with Crippen molar-refractivity contribution in [3.8, 4) is 5.75 Å². The van der Waals surface area contributed by atoms with Gasteiger partial charge in [0.05, 0.1) is 12.0 Å². The number of aromatic nitrogens is 1. The van der Waals surface area contributed by atoms with Gasteiger partial charge in [-0.15, -0.1) is 0 Å². The monoisotopic (exact) mass is 375 g/mol. The highest BCUT2D eigenvalue weighted by molar-refractivity contribution is 6.07. The molecule has 28 heavy (non-hydrogen) atoms. The fraction of sp³-hybridized carbons (Fsp3) is 0.0476. The first-order valence-electron chi connectivity index (χ1n) is 8.40. The van der Waals surface area contributed by atoms with Crippen molar-refractivity contribution in [3.63, 3.8) is 0 Å². The molecule has 1 aromatic heterocycles. The van der Waals surface area contributed by atoms with Crippen molar-refractivity contribution >= 4 is 29.1 Å². The largest absolute Gasteiger partial charge is 0.497 e. The maximum Gasteiger partial charge on any atom is 0.269 e. The number of pyridine rings is 1. The van der Waals surface area contributed by atoms with E-state index < -0.39 is 4.92 Å². The SMILES string of the molecule is COc1ccc(C(=O)C=Cc2cccnc2Nc2ccc([N+](=O)[O-])cc2)cc1. The lowest BCUT2D eigenvalue weighted by atomic mass is 10.1. The molecule has 3 rings (SSSR count). The summed E-state index contributed by atoms with van der Waals surface area (Å²) in [4.78, 5) is 26.9. The number of allylic oxidation sites excluding steroid dienone is 1. The number of nitro benzene ring substituents is 1. The summed E-state index contributed by atoms with van der Waals surface area (Å²) in [7, 11) is 1.57. The lowest BCUT2D eigenvalue weighted by Crippen LogP contribution is -1.97. The molecule has 7 nitrogen and oxygen atoms in total. The number of rotatable bonds is 7. The van der Waals surface area contributed by atoms with Crippen LogP contribution in [-0.2, 0) is 0 Å². The van der Waals surface area contributed by atoms with Gasteiger partial charge in [-0.3, -0.25) is 14.9 Å². The standard InChI is InChI=1S/C21H17N3O4/c1-28-19-11-4-15(5-12-19)20(25)13-6-16-3-2-14-22-21(16)23-17-7-9-18(10-8-17)24(26)27/h2-14H,1H3,(H,22,23). The number of nitrogens with zero attached hydrogens (tertiary/aromatic N) is 2. The second kappa shape index (κ2) is 8.59. The van der Waals surface area contributed by atoms with Gasteiger partial charge in [-0.1, -0.05) is 0 Å². The summed E-state index contributed by atoms with van der Waals surface area (Å²) in [6, 6.07) is 16.5. The molecule has 0 aliphatic heterocycles. The molecule has 0 saturated carbocycles. The predicted molar refractivity (Wildman–Crippen MR) is 107 cm³/mol. The van der Waals surface area contributed by atoms with E-state index in [2.05, 4.69) is 10.3 Å². The van der Waals surface area contributed by atoms with E-state index >= 15 is 0 Å². The Hall–Kier alpha value is -4.00. The zero-order valence-electron chi connectivity index (χ0n) is 15.0. The van der Waals surface area contributed by atoms with Crippen LogP contribution in [0.3, 0.4) is 0 Å². The van der Waals surface area contributed by atoms with Crippen molar-refractivity contribution in [1.82, 2.24) is 4.98 Å². The van der Waals surface area contributed by atoms with Crippen LogP contribution in [0.2, 0.25) is 0 Å². The number of hydrogen-bond donors (Lipinski definition) is 1. The summed E-state index contributed by atoms with van der Waals surface area (Å²) < 4.78 is 5.09. The molecule has 3 aromatic rings. The summed E-state index contributed by atoms with van der Waals surface area (Å²) in [5.74, 6) is 1.07. The number of benzene rings is 2. The van der Waals surface area contributed by atoms with Gasteiger partial charge in [0.2, 0.25) is 0 Å². The topological polar surface area (TPSA) is 94.4 Å². The molecule has 7 heteroatoms. The molecule has 0 bridgehead atoms. The van der Waals surface area contributed by atoms with Crippen molar-refractivity contribution in [2.45, 2.75) is 0 Å². The van der Waals surface area contributed by atoms with Crippen LogP contribution in [0.4, 0.5) is 17.2 Å². The molecule has 140 valence electrons. The van der Waals surface area contributed by atoms with Gasteiger partial charge < -0.3 is 10.1 Å². The van der Waals surface area contributed by atoms with E-state index in [0.29, 0.717) is 28.4 Å². The number of carbonyl (C=O) groups excluding carboxylic acids is 1. The number of nitro groups is 1. The lowest BCUT2D eigenvalue weighted by Gasteiger charge is -2.08. The van der Waals surface area contributed by atoms with E-state index in [4.69, 9.17) is 4.74 Å². The number of methoxy groups -OCH3 is 1. The minimum Gasteiger partial charge on any atom is -0.497 e. The van der Waals surface area contributed by atoms with Crippen LogP contribution in [0.1, 0.15) is 15.9 Å². The molecule has 0 saturated heterocycles. The van der Waals surface area contributed by atoms with Crippen LogP contribution in [0.25, 0.3) is 6.08 Å². The molecule has 0 atom stereocenters. The number of ketones is 1. The third-order valence-electron chi connectivity index (χ3n) is 3.97. The molecule has 0 radical (unpaired) electrons. The van der Waals surface area contributed by atoms with Crippen LogP contribution in [-0.4, -0.2) is 22.8 Å². The number of ether oxygens (including phenoxy) is 1. The predicted octanol–water partition coefficient (Wildman–Crippen LogP) is 4.64. The van der Waals surface area contributed by atoms with E-state index in [1.165, 1.54) is 18.2 Å². The smallest absolute Gasteiger partial charge is 0.269 e. The quantitative estimate of drug-likeness (QED) is 0.280. The summed E-state index contributed by atoms with van der Waals surface area (Å²) in [6.45, 7) is 0. The second-order valence-electron chi connectivity index (χ2n) is 5.80. The average molecular weight is 375 g/mol. The minimum atomic E-state index is -0.455. The molecule has 1 heterocycles. The summed E-state index contributed by atoms with van der Waals surface area (Å²) in [6.07, 6.45) is 4.77. The van der Waals surface area contributed by atoms with Gasteiger partial charge in [0.25, 0.3) is 5.69 Å². The molecule has 0 aliphatic rings. The van der Waals surface area contributed by atoms with E-state index in [0.717, 1.165) is 0 Å². The highest BCUT2D eigenvalue weighted by Crippen LogP contribution is 2.22. The van der Waals surface area contributed by atoms with E-state index in [-0.39, 0.29) is 11.5 Å². The van der Waals surface area contributed by atoms with Crippen molar-refractivity contribution in [3.05, 3.63) is 94.2 Å². The lowest BCUT2D eigenvalue weighted by molar-refractivity contribution is -0.384. The highest BCUT2D eigenvalue weighted by Gasteiger charge is 2.07. The number of non-ortho nitro benzene ring substituents is 1. The van der Waals surface area contributed by atoms with Crippen LogP contribution in [0, 0.1) is 10.1 Å². The van der Waals surface area contributed by atoms with Gasteiger partial charge in [0.1, 0.15) is 11.6 Å². The number of hydrogen-bond acceptors (Lipinski definition) is 6.